The van der Waals surface area contributed by atoms with Crippen molar-refractivity contribution >= 4 is 38.3 Å². The molecule has 6 heteroatoms. The van der Waals surface area contributed by atoms with Crippen LogP contribution in [0, 0.1) is 5.92 Å². The molecule has 1 fully saturated rings. The van der Waals surface area contributed by atoms with E-state index >= 15 is 0 Å². The van der Waals surface area contributed by atoms with Gasteiger partial charge in [-0.2, -0.15) is 0 Å². The molecule has 1 aliphatic carbocycles. The van der Waals surface area contributed by atoms with Crippen LogP contribution in [-0.2, 0) is 4.79 Å². The first-order valence-corrected chi connectivity index (χ1v) is 7.01. The summed E-state index contributed by atoms with van der Waals surface area (Å²) in [5.41, 5.74) is 7.16. The second-order valence-electron chi connectivity index (χ2n) is 4.78. The summed E-state index contributed by atoms with van der Waals surface area (Å²) in [7, 11) is 1.58. The van der Waals surface area contributed by atoms with Gasteiger partial charge in [0.05, 0.1) is 11.8 Å². The number of thiazole rings is 1. The minimum absolute atomic E-state index is 0.0356. The molecular formula is C13H15N3O2S. The lowest BCUT2D eigenvalue weighted by Crippen LogP contribution is -2.11. The topological polar surface area (TPSA) is 77.2 Å². The molecule has 1 aromatic heterocycles. The molecule has 1 heterocycles. The van der Waals surface area contributed by atoms with Gasteiger partial charge in [-0.25, -0.2) is 4.98 Å². The summed E-state index contributed by atoms with van der Waals surface area (Å²) < 4.78 is 6.17. The standard InChI is InChI=1S/C13H15N3O2S/c1-18-9-5-8(14)6-10-12(9)16-13(19-10)15-11(17)4-7-2-3-7/h5-7H,2-4,14H2,1H3,(H,15,16,17). The molecule has 1 amide bonds. The highest BCUT2D eigenvalue weighted by atomic mass is 32.1. The number of nitrogen functional groups attached to an aromatic ring is 1. The highest BCUT2D eigenvalue weighted by Gasteiger charge is 2.24. The van der Waals surface area contributed by atoms with Gasteiger partial charge in [0.15, 0.2) is 5.13 Å². The number of carbonyl (C=O) groups excluding carboxylic acids is 1. The maximum atomic E-state index is 11.8. The number of fused-ring (bicyclic) bond motifs is 1. The van der Waals surface area contributed by atoms with Gasteiger partial charge >= 0.3 is 0 Å². The second-order valence-corrected chi connectivity index (χ2v) is 5.82. The van der Waals surface area contributed by atoms with Gasteiger partial charge in [0.2, 0.25) is 5.91 Å². The van der Waals surface area contributed by atoms with Gasteiger partial charge in [-0.1, -0.05) is 11.3 Å². The number of methoxy groups -OCH3 is 1. The molecule has 3 N–H and O–H groups in total. The predicted molar refractivity (Wildman–Crippen MR) is 76.6 cm³/mol. The van der Waals surface area contributed by atoms with Crippen molar-refractivity contribution in [2.24, 2.45) is 5.92 Å². The number of rotatable bonds is 4. The zero-order valence-corrected chi connectivity index (χ0v) is 11.4. The third-order valence-electron chi connectivity index (χ3n) is 3.12. The molecule has 1 aliphatic rings. The van der Waals surface area contributed by atoms with Gasteiger partial charge in [-0.15, -0.1) is 0 Å². The van der Waals surface area contributed by atoms with Gasteiger partial charge in [0.1, 0.15) is 11.3 Å². The number of nitrogens with two attached hydrogens (primary N) is 1. The van der Waals surface area contributed by atoms with E-state index in [9.17, 15) is 4.79 Å². The predicted octanol–water partition coefficient (Wildman–Crippen LogP) is 2.63. The minimum Gasteiger partial charge on any atom is -0.494 e. The summed E-state index contributed by atoms with van der Waals surface area (Å²) >= 11 is 1.41. The molecule has 1 aromatic carbocycles. The first kappa shape index (κ1) is 12.2. The summed E-state index contributed by atoms with van der Waals surface area (Å²) in [6.07, 6.45) is 2.92. The van der Waals surface area contributed by atoms with E-state index in [1.807, 2.05) is 6.07 Å². The fraction of sp³-hybridized carbons (Fsp3) is 0.385. The van der Waals surface area contributed by atoms with Crippen molar-refractivity contribution in [3.05, 3.63) is 12.1 Å². The number of ether oxygens (including phenoxy) is 1. The lowest BCUT2D eigenvalue weighted by atomic mass is 10.3. The number of nitrogens with zero attached hydrogens (tertiary/aromatic N) is 1. The smallest absolute Gasteiger partial charge is 0.226 e. The summed E-state index contributed by atoms with van der Waals surface area (Å²) in [4.78, 5) is 16.2. The molecule has 1 saturated carbocycles. The number of hydrogen-bond acceptors (Lipinski definition) is 5. The summed E-state index contributed by atoms with van der Waals surface area (Å²) in [5, 5.41) is 3.45. The van der Waals surface area contributed by atoms with Crippen molar-refractivity contribution in [3.8, 4) is 5.75 Å². The van der Waals surface area contributed by atoms with Crippen molar-refractivity contribution in [3.63, 3.8) is 0 Å². The Balaban J connectivity index is 1.85. The normalized spacial score (nSPS) is 14.6. The Labute approximate surface area is 114 Å². The summed E-state index contributed by atoms with van der Waals surface area (Å²) in [5.74, 6) is 1.24. The molecule has 0 saturated heterocycles. The third-order valence-corrected chi connectivity index (χ3v) is 4.04. The quantitative estimate of drug-likeness (QED) is 0.842. The highest BCUT2D eigenvalue weighted by molar-refractivity contribution is 7.22. The zero-order chi connectivity index (χ0) is 13.4. The largest absolute Gasteiger partial charge is 0.494 e. The zero-order valence-electron chi connectivity index (χ0n) is 10.6. The lowest BCUT2D eigenvalue weighted by molar-refractivity contribution is -0.116. The first-order valence-electron chi connectivity index (χ1n) is 6.19. The fourth-order valence-electron chi connectivity index (χ4n) is 1.98. The Morgan fingerprint density at radius 1 is 1.58 bits per heavy atom. The molecule has 100 valence electrons. The van der Waals surface area contributed by atoms with Crippen molar-refractivity contribution in [1.29, 1.82) is 0 Å². The SMILES string of the molecule is COc1cc(N)cc2sc(NC(=O)CC3CC3)nc12. The third kappa shape index (κ3) is 2.63. The highest BCUT2D eigenvalue weighted by Crippen LogP contribution is 2.36. The lowest BCUT2D eigenvalue weighted by Gasteiger charge is -2.01. The van der Waals surface area contributed by atoms with Crippen molar-refractivity contribution < 1.29 is 9.53 Å². The van der Waals surface area contributed by atoms with Gasteiger partial charge in [0.25, 0.3) is 0 Å². The summed E-state index contributed by atoms with van der Waals surface area (Å²) in [6.45, 7) is 0. The number of aromatic nitrogens is 1. The van der Waals surface area contributed by atoms with E-state index in [1.54, 1.807) is 13.2 Å². The van der Waals surface area contributed by atoms with E-state index in [2.05, 4.69) is 10.3 Å². The second kappa shape index (κ2) is 4.70. The molecule has 0 spiro atoms. The van der Waals surface area contributed by atoms with Crippen LogP contribution in [0.15, 0.2) is 12.1 Å². The first-order chi connectivity index (χ1) is 9.15. The van der Waals surface area contributed by atoms with Gasteiger partial charge in [-0.3, -0.25) is 4.79 Å². The van der Waals surface area contributed by atoms with Gasteiger partial charge in [0, 0.05) is 18.2 Å². The molecule has 2 aromatic rings. The molecule has 5 nitrogen and oxygen atoms in total. The maximum absolute atomic E-state index is 11.8. The van der Waals surface area contributed by atoms with Crippen LogP contribution in [-0.4, -0.2) is 18.0 Å². The number of nitrogens with one attached hydrogen (secondary N) is 1. The molecule has 0 aliphatic heterocycles. The Bertz CT molecular complexity index is 634. The van der Waals surface area contributed by atoms with Crippen molar-refractivity contribution in [2.75, 3.05) is 18.2 Å². The number of benzene rings is 1. The molecule has 0 atom stereocenters. The number of hydrogen-bond donors (Lipinski definition) is 2. The molecule has 3 rings (SSSR count). The van der Waals surface area contributed by atoms with Crippen LogP contribution in [0.5, 0.6) is 5.75 Å². The van der Waals surface area contributed by atoms with E-state index in [4.69, 9.17) is 10.5 Å². The van der Waals surface area contributed by atoms with Crippen LogP contribution < -0.4 is 15.8 Å². The number of carbonyl (C=O) groups is 1. The Kier molecular flexibility index (Phi) is 3.02. The van der Waals surface area contributed by atoms with E-state index < -0.39 is 0 Å². The molecule has 0 radical (unpaired) electrons. The van der Waals surface area contributed by atoms with Crippen LogP contribution in [0.25, 0.3) is 10.2 Å². The summed E-state index contributed by atoms with van der Waals surface area (Å²) in [6, 6.07) is 3.57. The van der Waals surface area contributed by atoms with E-state index in [-0.39, 0.29) is 5.91 Å². The van der Waals surface area contributed by atoms with Crippen LogP contribution in [0.3, 0.4) is 0 Å². The average Bonchev–Trinajstić information content (AvgIpc) is 3.06. The Morgan fingerprint density at radius 3 is 3.05 bits per heavy atom. The van der Waals surface area contributed by atoms with Crippen LogP contribution >= 0.6 is 11.3 Å². The van der Waals surface area contributed by atoms with E-state index in [1.165, 1.54) is 11.3 Å². The fourth-order valence-corrected chi connectivity index (χ4v) is 2.93. The molecular weight excluding hydrogens is 262 g/mol. The maximum Gasteiger partial charge on any atom is 0.226 e. The molecule has 19 heavy (non-hydrogen) atoms. The van der Waals surface area contributed by atoms with Crippen molar-refractivity contribution in [1.82, 2.24) is 4.98 Å². The Morgan fingerprint density at radius 2 is 2.37 bits per heavy atom. The van der Waals surface area contributed by atoms with Crippen LogP contribution in [0.1, 0.15) is 19.3 Å². The van der Waals surface area contributed by atoms with E-state index in [0.29, 0.717) is 28.9 Å². The molecule has 0 bridgehead atoms. The van der Waals surface area contributed by atoms with Crippen molar-refractivity contribution in [2.45, 2.75) is 19.3 Å². The van der Waals surface area contributed by atoms with Crippen LogP contribution in [0.4, 0.5) is 10.8 Å². The number of anilines is 2. The van der Waals surface area contributed by atoms with Crippen LogP contribution in [0.2, 0.25) is 0 Å². The monoisotopic (exact) mass is 277 g/mol. The number of amides is 1. The average molecular weight is 277 g/mol. The minimum atomic E-state index is 0.0356. The Hall–Kier alpha value is -1.82. The van der Waals surface area contributed by atoms with Gasteiger partial charge in [-0.05, 0) is 24.8 Å². The van der Waals surface area contributed by atoms with Gasteiger partial charge < -0.3 is 15.8 Å². The molecule has 0 unspecified atom stereocenters. The van der Waals surface area contributed by atoms with E-state index in [0.717, 1.165) is 23.1 Å².